The Hall–Kier alpha value is -0.530. The van der Waals surface area contributed by atoms with Gasteiger partial charge in [0, 0.05) is 11.1 Å². The molecule has 1 aromatic carbocycles. The number of nitrogens with one attached hydrogen (secondary N) is 1. The number of halogens is 1. The smallest absolute Gasteiger partial charge is 0.0406 e. The molecule has 0 heterocycles. The third-order valence-electron chi connectivity index (χ3n) is 4.45. The maximum Gasteiger partial charge on any atom is 0.0406 e. The summed E-state index contributed by atoms with van der Waals surface area (Å²) in [6.45, 7) is 1.21. The van der Waals surface area contributed by atoms with Crippen molar-refractivity contribution in [2.45, 2.75) is 50.5 Å². The highest BCUT2D eigenvalue weighted by Crippen LogP contribution is 2.38. The third kappa shape index (κ3) is 3.07. The van der Waals surface area contributed by atoms with Crippen LogP contribution < -0.4 is 5.32 Å². The van der Waals surface area contributed by atoms with E-state index >= 15 is 0 Å². The first-order valence-electron chi connectivity index (χ1n) is 7.32. The molecule has 98 valence electrons. The van der Waals surface area contributed by atoms with Crippen molar-refractivity contribution in [3.8, 4) is 0 Å². The number of hydrogen-bond donors (Lipinski definition) is 1. The van der Waals surface area contributed by atoms with Gasteiger partial charge in [0.05, 0.1) is 0 Å². The molecule has 0 saturated heterocycles. The minimum atomic E-state index is 0.738. The van der Waals surface area contributed by atoms with E-state index in [0.717, 1.165) is 22.9 Å². The Morgan fingerprint density at radius 1 is 1.00 bits per heavy atom. The second-order valence-corrected chi connectivity index (χ2v) is 6.32. The summed E-state index contributed by atoms with van der Waals surface area (Å²) >= 11 is 5.99. The summed E-state index contributed by atoms with van der Waals surface area (Å²) < 4.78 is 0. The first-order valence-corrected chi connectivity index (χ1v) is 7.69. The molecule has 0 radical (unpaired) electrons. The van der Waals surface area contributed by atoms with E-state index in [-0.39, 0.29) is 0 Å². The van der Waals surface area contributed by atoms with Crippen LogP contribution in [-0.2, 0) is 0 Å². The Morgan fingerprint density at radius 2 is 1.72 bits per heavy atom. The molecule has 2 heteroatoms. The molecule has 0 amide bonds. The van der Waals surface area contributed by atoms with Gasteiger partial charge >= 0.3 is 0 Å². The molecule has 18 heavy (non-hydrogen) atoms. The van der Waals surface area contributed by atoms with Crippen LogP contribution in [0.4, 0.5) is 0 Å². The number of rotatable bonds is 4. The molecule has 0 bridgehead atoms. The highest BCUT2D eigenvalue weighted by molar-refractivity contribution is 6.30. The molecule has 3 rings (SSSR count). The van der Waals surface area contributed by atoms with Gasteiger partial charge in [0.15, 0.2) is 0 Å². The SMILES string of the molecule is Clc1ccc(C2CCCCC2CNC2CC2)cc1. The van der Waals surface area contributed by atoms with E-state index in [1.54, 1.807) is 0 Å². The molecule has 2 fully saturated rings. The Bertz CT molecular complexity index is 383. The summed E-state index contributed by atoms with van der Waals surface area (Å²) in [5.74, 6) is 1.56. The molecule has 1 nitrogen and oxygen atoms in total. The molecule has 0 spiro atoms. The third-order valence-corrected chi connectivity index (χ3v) is 4.71. The van der Waals surface area contributed by atoms with Crippen LogP contribution >= 0.6 is 11.6 Å². The first-order chi connectivity index (χ1) is 8.83. The van der Waals surface area contributed by atoms with Crippen LogP contribution in [0.5, 0.6) is 0 Å². The van der Waals surface area contributed by atoms with Gasteiger partial charge in [0.25, 0.3) is 0 Å². The maximum absolute atomic E-state index is 5.99. The van der Waals surface area contributed by atoms with E-state index in [1.165, 1.54) is 50.6 Å². The van der Waals surface area contributed by atoms with Crippen molar-refractivity contribution < 1.29 is 0 Å². The average molecular weight is 264 g/mol. The van der Waals surface area contributed by atoms with E-state index in [1.807, 2.05) is 12.1 Å². The molecule has 1 aromatic rings. The molecule has 0 aliphatic heterocycles. The van der Waals surface area contributed by atoms with Crippen molar-refractivity contribution in [3.05, 3.63) is 34.9 Å². The maximum atomic E-state index is 5.99. The Kier molecular flexibility index (Phi) is 3.91. The van der Waals surface area contributed by atoms with Crippen LogP contribution in [-0.4, -0.2) is 12.6 Å². The van der Waals surface area contributed by atoms with E-state index in [0.29, 0.717) is 0 Å². The standard InChI is InChI=1S/C16H22ClN/c17-14-7-5-12(6-8-14)16-4-2-1-3-13(16)11-18-15-9-10-15/h5-8,13,15-16,18H,1-4,9-11H2. The summed E-state index contributed by atoms with van der Waals surface area (Å²) in [6.07, 6.45) is 8.29. The minimum Gasteiger partial charge on any atom is -0.314 e. The van der Waals surface area contributed by atoms with Crippen molar-refractivity contribution in [3.63, 3.8) is 0 Å². The quantitative estimate of drug-likeness (QED) is 0.851. The van der Waals surface area contributed by atoms with Gasteiger partial charge in [-0.2, -0.15) is 0 Å². The van der Waals surface area contributed by atoms with Gasteiger partial charge in [0.1, 0.15) is 0 Å². The molecule has 2 aliphatic carbocycles. The van der Waals surface area contributed by atoms with Gasteiger partial charge in [-0.05, 0) is 61.8 Å². The average Bonchev–Trinajstić information content (AvgIpc) is 3.22. The molecule has 1 N–H and O–H groups in total. The van der Waals surface area contributed by atoms with Crippen LogP contribution in [0.25, 0.3) is 0 Å². The Labute approximate surface area is 115 Å². The minimum absolute atomic E-state index is 0.738. The molecule has 2 unspecified atom stereocenters. The van der Waals surface area contributed by atoms with Gasteiger partial charge in [0.2, 0.25) is 0 Å². The fraction of sp³-hybridized carbons (Fsp3) is 0.625. The van der Waals surface area contributed by atoms with Gasteiger partial charge in [-0.25, -0.2) is 0 Å². The highest BCUT2D eigenvalue weighted by Gasteiger charge is 2.28. The summed E-state index contributed by atoms with van der Waals surface area (Å²) in [6, 6.07) is 9.36. The predicted octanol–water partition coefficient (Wildman–Crippen LogP) is 4.37. The molecule has 2 atom stereocenters. The van der Waals surface area contributed by atoms with Crippen LogP contribution in [0.2, 0.25) is 5.02 Å². The predicted molar refractivity (Wildman–Crippen MR) is 77.2 cm³/mol. The Balaban J connectivity index is 1.67. The summed E-state index contributed by atoms with van der Waals surface area (Å²) in [7, 11) is 0. The zero-order valence-electron chi connectivity index (χ0n) is 10.9. The molecule has 2 aliphatic rings. The lowest BCUT2D eigenvalue weighted by molar-refractivity contribution is 0.295. The van der Waals surface area contributed by atoms with Gasteiger partial charge in [-0.3, -0.25) is 0 Å². The van der Waals surface area contributed by atoms with Crippen molar-refractivity contribution >= 4 is 11.6 Å². The first kappa shape index (κ1) is 12.5. The fourth-order valence-corrected chi connectivity index (χ4v) is 3.33. The van der Waals surface area contributed by atoms with Gasteiger partial charge < -0.3 is 5.32 Å². The van der Waals surface area contributed by atoms with Crippen molar-refractivity contribution in [1.29, 1.82) is 0 Å². The normalized spacial score (nSPS) is 28.3. The Morgan fingerprint density at radius 3 is 2.44 bits per heavy atom. The van der Waals surface area contributed by atoms with E-state index in [2.05, 4.69) is 17.4 Å². The zero-order chi connectivity index (χ0) is 12.4. The fourth-order valence-electron chi connectivity index (χ4n) is 3.21. The van der Waals surface area contributed by atoms with E-state index in [9.17, 15) is 0 Å². The second-order valence-electron chi connectivity index (χ2n) is 5.89. The monoisotopic (exact) mass is 263 g/mol. The lowest BCUT2D eigenvalue weighted by atomic mass is 9.75. The second kappa shape index (κ2) is 5.63. The largest absolute Gasteiger partial charge is 0.314 e. The van der Waals surface area contributed by atoms with Crippen LogP contribution in [0, 0.1) is 5.92 Å². The molecular weight excluding hydrogens is 242 g/mol. The van der Waals surface area contributed by atoms with E-state index in [4.69, 9.17) is 11.6 Å². The van der Waals surface area contributed by atoms with Crippen LogP contribution in [0.15, 0.2) is 24.3 Å². The topological polar surface area (TPSA) is 12.0 Å². The summed E-state index contributed by atoms with van der Waals surface area (Å²) in [5.41, 5.74) is 1.49. The summed E-state index contributed by atoms with van der Waals surface area (Å²) in [5, 5.41) is 4.56. The summed E-state index contributed by atoms with van der Waals surface area (Å²) in [4.78, 5) is 0. The van der Waals surface area contributed by atoms with Crippen LogP contribution in [0.1, 0.15) is 50.0 Å². The van der Waals surface area contributed by atoms with Crippen molar-refractivity contribution in [1.82, 2.24) is 5.32 Å². The molecule has 0 aromatic heterocycles. The molecular formula is C16H22ClN. The van der Waals surface area contributed by atoms with Crippen molar-refractivity contribution in [2.75, 3.05) is 6.54 Å². The number of hydrogen-bond acceptors (Lipinski definition) is 1. The van der Waals surface area contributed by atoms with Gasteiger partial charge in [-0.15, -0.1) is 0 Å². The lowest BCUT2D eigenvalue weighted by Gasteiger charge is -2.32. The van der Waals surface area contributed by atoms with Crippen molar-refractivity contribution in [2.24, 2.45) is 5.92 Å². The van der Waals surface area contributed by atoms with E-state index < -0.39 is 0 Å². The van der Waals surface area contributed by atoms with Crippen LogP contribution in [0.3, 0.4) is 0 Å². The van der Waals surface area contributed by atoms with Gasteiger partial charge in [-0.1, -0.05) is 36.6 Å². The lowest BCUT2D eigenvalue weighted by Crippen LogP contribution is -2.30. The highest BCUT2D eigenvalue weighted by atomic mass is 35.5. The number of benzene rings is 1. The molecule has 2 saturated carbocycles. The zero-order valence-corrected chi connectivity index (χ0v) is 11.6.